The summed E-state index contributed by atoms with van der Waals surface area (Å²) in [6, 6.07) is 9.77. The predicted octanol–water partition coefficient (Wildman–Crippen LogP) is 3.10. The fourth-order valence-electron chi connectivity index (χ4n) is 2.58. The monoisotopic (exact) mass is 271 g/mol. The van der Waals surface area contributed by atoms with Gasteiger partial charge in [-0.25, -0.2) is 0 Å². The summed E-state index contributed by atoms with van der Waals surface area (Å²) in [7, 11) is 1.41. The summed E-state index contributed by atoms with van der Waals surface area (Å²) >= 11 is 0. The molecule has 1 aliphatic rings. The van der Waals surface area contributed by atoms with Crippen LogP contribution in [0.5, 0.6) is 5.75 Å². The molecule has 3 rings (SSSR count). The number of fused-ring (bicyclic) bond motifs is 1. The fourth-order valence-corrected chi connectivity index (χ4v) is 2.58. The van der Waals surface area contributed by atoms with Gasteiger partial charge in [-0.2, -0.15) is 0 Å². The van der Waals surface area contributed by atoms with Crippen LogP contribution >= 0.6 is 0 Å². The van der Waals surface area contributed by atoms with Gasteiger partial charge in [-0.05, 0) is 37.5 Å². The Morgan fingerprint density at radius 2 is 2.20 bits per heavy atom. The lowest BCUT2D eigenvalue weighted by Crippen LogP contribution is -2.45. The zero-order chi connectivity index (χ0) is 14.0. The van der Waals surface area contributed by atoms with E-state index in [1.807, 2.05) is 30.3 Å². The van der Waals surface area contributed by atoms with Gasteiger partial charge in [0.15, 0.2) is 0 Å². The van der Waals surface area contributed by atoms with Crippen molar-refractivity contribution in [2.24, 2.45) is 0 Å². The van der Waals surface area contributed by atoms with Crippen molar-refractivity contribution in [3.8, 4) is 5.75 Å². The highest BCUT2D eigenvalue weighted by Crippen LogP contribution is 2.40. The van der Waals surface area contributed by atoms with Crippen molar-refractivity contribution in [3.05, 3.63) is 36.5 Å². The largest absolute Gasteiger partial charge is 0.487 e. The molecule has 1 aromatic carbocycles. The van der Waals surface area contributed by atoms with Crippen LogP contribution in [0.4, 0.5) is 0 Å². The Labute approximate surface area is 117 Å². The van der Waals surface area contributed by atoms with Gasteiger partial charge in [0.05, 0.1) is 19.0 Å². The average molecular weight is 271 g/mol. The minimum Gasteiger partial charge on any atom is -0.487 e. The quantitative estimate of drug-likeness (QED) is 0.802. The number of carbonyl (C=O) groups is 1. The van der Waals surface area contributed by atoms with Gasteiger partial charge in [-0.3, -0.25) is 9.78 Å². The zero-order valence-electron chi connectivity index (χ0n) is 11.5. The lowest BCUT2D eigenvalue weighted by atomic mass is 9.77. The molecule has 2 aromatic rings. The standard InChI is InChI=1S/C16H17NO3/c1-19-15(18)11-16(7-3-8-16)20-13-6-5-12-4-2-9-17-14(12)10-13/h2,4-6,9-10H,3,7-8,11H2,1H3. The minimum absolute atomic E-state index is 0.219. The Balaban J connectivity index is 1.82. The van der Waals surface area contributed by atoms with Crippen molar-refractivity contribution in [3.63, 3.8) is 0 Å². The zero-order valence-corrected chi connectivity index (χ0v) is 11.5. The topological polar surface area (TPSA) is 48.4 Å². The van der Waals surface area contributed by atoms with E-state index >= 15 is 0 Å². The summed E-state index contributed by atoms with van der Waals surface area (Å²) in [4.78, 5) is 15.8. The number of hydrogen-bond donors (Lipinski definition) is 0. The van der Waals surface area contributed by atoms with Crippen molar-refractivity contribution in [2.75, 3.05) is 7.11 Å². The first-order valence-corrected chi connectivity index (χ1v) is 6.81. The third-order valence-electron chi connectivity index (χ3n) is 3.87. The van der Waals surface area contributed by atoms with E-state index in [4.69, 9.17) is 9.47 Å². The number of carbonyl (C=O) groups excluding carboxylic acids is 1. The first-order chi connectivity index (χ1) is 9.71. The molecule has 0 bridgehead atoms. The van der Waals surface area contributed by atoms with E-state index < -0.39 is 5.60 Å². The van der Waals surface area contributed by atoms with E-state index in [0.29, 0.717) is 6.42 Å². The highest BCUT2D eigenvalue weighted by atomic mass is 16.5. The summed E-state index contributed by atoms with van der Waals surface area (Å²) in [5.74, 6) is 0.545. The molecular formula is C16H17NO3. The number of ether oxygens (including phenoxy) is 2. The first-order valence-electron chi connectivity index (χ1n) is 6.81. The molecule has 0 radical (unpaired) electrons. The van der Waals surface area contributed by atoms with Gasteiger partial charge in [-0.1, -0.05) is 6.07 Å². The average Bonchev–Trinajstić information content (AvgIpc) is 2.44. The number of benzene rings is 1. The molecule has 1 aliphatic carbocycles. The molecule has 0 aliphatic heterocycles. The maximum atomic E-state index is 11.5. The molecule has 0 spiro atoms. The third kappa shape index (κ3) is 2.46. The van der Waals surface area contributed by atoms with Crippen molar-refractivity contribution in [1.29, 1.82) is 0 Å². The Bertz CT molecular complexity index is 634. The fraction of sp³-hybridized carbons (Fsp3) is 0.375. The van der Waals surface area contributed by atoms with Crippen LogP contribution in [0.1, 0.15) is 25.7 Å². The van der Waals surface area contributed by atoms with E-state index in [1.54, 1.807) is 6.20 Å². The molecule has 1 saturated carbocycles. The third-order valence-corrected chi connectivity index (χ3v) is 3.87. The van der Waals surface area contributed by atoms with Crippen LogP contribution in [0.2, 0.25) is 0 Å². The highest BCUT2D eigenvalue weighted by molar-refractivity contribution is 5.79. The number of nitrogens with zero attached hydrogens (tertiary/aromatic N) is 1. The molecule has 1 fully saturated rings. The van der Waals surface area contributed by atoms with Crippen molar-refractivity contribution in [2.45, 2.75) is 31.3 Å². The summed E-state index contributed by atoms with van der Waals surface area (Å²) < 4.78 is 10.8. The lowest BCUT2D eigenvalue weighted by molar-refractivity contribution is -0.148. The van der Waals surface area contributed by atoms with E-state index in [0.717, 1.165) is 35.9 Å². The number of rotatable bonds is 4. The van der Waals surface area contributed by atoms with Crippen LogP contribution in [0, 0.1) is 0 Å². The maximum Gasteiger partial charge on any atom is 0.309 e. The number of aromatic nitrogens is 1. The summed E-state index contributed by atoms with van der Waals surface area (Å²) in [6.07, 6.45) is 4.94. The molecular weight excluding hydrogens is 254 g/mol. The van der Waals surface area contributed by atoms with Gasteiger partial charge in [-0.15, -0.1) is 0 Å². The second-order valence-electron chi connectivity index (χ2n) is 5.25. The molecule has 20 heavy (non-hydrogen) atoms. The Morgan fingerprint density at radius 1 is 1.35 bits per heavy atom. The molecule has 104 valence electrons. The molecule has 0 saturated heterocycles. The van der Waals surface area contributed by atoms with Crippen LogP contribution in [0.3, 0.4) is 0 Å². The van der Waals surface area contributed by atoms with Crippen LogP contribution in [-0.2, 0) is 9.53 Å². The van der Waals surface area contributed by atoms with Crippen molar-refractivity contribution in [1.82, 2.24) is 4.98 Å². The Kier molecular flexibility index (Phi) is 3.30. The van der Waals surface area contributed by atoms with E-state index in [2.05, 4.69) is 4.98 Å². The highest BCUT2D eigenvalue weighted by Gasteiger charge is 2.41. The minimum atomic E-state index is -0.393. The molecule has 4 nitrogen and oxygen atoms in total. The second-order valence-corrected chi connectivity index (χ2v) is 5.25. The number of pyridine rings is 1. The number of esters is 1. The predicted molar refractivity (Wildman–Crippen MR) is 75.6 cm³/mol. The molecule has 4 heteroatoms. The smallest absolute Gasteiger partial charge is 0.309 e. The van der Waals surface area contributed by atoms with Gasteiger partial charge in [0.25, 0.3) is 0 Å². The van der Waals surface area contributed by atoms with E-state index in [1.165, 1.54) is 7.11 Å². The van der Waals surface area contributed by atoms with Crippen LogP contribution in [0.25, 0.3) is 10.9 Å². The van der Waals surface area contributed by atoms with Gasteiger partial charge >= 0.3 is 5.97 Å². The normalized spacial score (nSPS) is 16.4. The summed E-state index contributed by atoms with van der Waals surface area (Å²) in [5.41, 5.74) is 0.507. The Hall–Kier alpha value is -2.10. The van der Waals surface area contributed by atoms with Gasteiger partial charge in [0, 0.05) is 17.6 Å². The number of methoxy groups -OCH3 is 1. The van der Waals surface area contributed by atoms with Crippen LogP contribution in [-0.4, -0.2) is 23.7 Å². The first kappa shape index (κ1) is 12.9. The SMILES string of the molecule is COC(=O)CC1(Oc2ccc3cccnc3c2)CCC1. The molecule has 0 unspecified atom stereocenters. The lowest BCUT2D eigenvalue weighted by Gasteiger charge is -2.41. The van der Waals surface area contributed by atoms with Crippen molar-refractivity contribution < 1.29 is 14.3 Å². The molecule has 1 heterocycles. The maximum absolute atomic E-state index is 11.5. The summed E-state index contributed by atoms with van der Waals surface area (Å²) in [5, 5.41) is 1.08. The molecule has 0 amide bonds. The number of hydrogen-bond acceptors (Lipinski definition) is 4. The summed E-state index contributed by atoms with van der Waals surface area (Å²) in [6.45, 7) is 0. The van der Waals surface area contributed by atoms with E-state index in [9.17, 15) is 4.79 Å². The Morgan fingerprint density at radius 3 is 2.90 bits per heavy atom. The molecule has 1 aromatic heterocycles. The molecule has 0 atom stereocenters. The van der Waals surface area contributed by atoms with Gasteiger partial charge < -0.3 is 9.47 Å². The van der Waals surface area contributed by atoms with Crippen molar-refractivity contribution >= 4 is 16.9 Å². The van der Waals surface area contributed by atoms with Gasteiger partial charge in [0.2, 0.25) is 0 Å². The van der Waals surface area contributed by atoms with Crippen LogP contribution in [0.15, 0.2) is 36.5 Å². The van der Waals surface area contributed by atoms with E-state index in [-0.39, 0.29) is 5.97 Å². The second kappa shape index (κ2) is 5.12. The van der Waals surface area contributed by atoms with Crippen LogP contribution < -0.4 is 4.74 Å². The molecule has 0 N–H and O–H groups in total. The van der Waals surface area contributed by atoms with Gasteiger partial charge in [0.1, 0.15) is 11.4 Å².